The van der Waals surface area contributed by atoms with Crippen molar-refractivity contribution in [3.8, 4) is 0 Å². The van der Waals surface area contributed by atoms with E-state index in [-0.39, 0.29) is 144 Å². The zero-order chi connectivity index (χ0) is 0. The SMILES string of the molecule is N.N.N.N.[Si].[Si].[Si].[Ti].[Ti].[Ti].[Ti]. The van der Waals surface area contributed by atoms with E-state index in [4.69, 9.17) is 0 Å². The van der Waals surface area contributed by atoms with Gasteiger partial charge in [-0.1, -0.05) is 0 Å². The summed E-state index contributed by atoms with van der Waals surface area (Å²) in [4.78, 5) is 0. The van der Waals surface area contributed by atoms with Crippen molar-refractivity contribution in [3.63, 3.8) is 0 Å². The Bertz CT molecular complexity index is 17.3. The van der Waals surface area contributed by atoms with Crippen LogP contribution in [0.4, 0.5) is 0 Å². The summed E-state index contributed by atoms with van der Waals surface area (Å²) < 4.78 is 0. The van der Waals surface area contributed by atoms with E-state index >= 15 is 0 Å². The van der Waals surface area contributed by atoms with Crippen molar-refractivity contribution in [2.75, 3.05) is 0 Å². The Morgan fingerprint density at radius 2 is 0.273 bits per heavy atom. The summed E-state index contributed by atoms with van der Waals surface area (Å²) in [5.74, 6) is 0. The molecule has 11 heavy (non-hydrogen) atoms. The second kappa shape index (κ2) is 182. The van der Waals surface area contributed by atoms with E-state index in [1.807, 2.05) is 0 Å². The van der Waals surface area contributed by atoms with Crippen LogP contribution in [0, 0.1) is 0 Å². The molecule has 0 saturated carbocycles. The molecule has 0 unspecified atom stereocenters. The van der Waals surface area contributed by atoms with E-state index in [2.05, 4.69) is 0 Å². The second-order valence-corrected chi connectivity index (χ2v) is 0. The Balaban J connectivity index is 0. The molecule has 0 rings (SSSR count). The molecule has 0 amide bonds. The molecule has 0 fully saturated rings. The summed E-state index contributed by atoms with van der Waals surface area (Å²) in [6.45, 7) is 0. The van der Waals surface area contributed by atoms with Gasteiger partial charge in [-0.15, -0.1) is 0 Å². The fourth-order valence-electron chi connectivity index (χ4n) is 0. The molecule has 0 spiro atoms. The van der Waals surface area contributed by atoms with Crippen LogP contribution >= 0.6 is 0 Å². The van der Waals surface area contributed by atoms with Gasteiger partial charge >= 0.3 is 0 Å². The maximum Gasteiger partial charge on any atom is 0 e. The third-order valence-electron chi connectivity index (χ3n) is 0. The van der Waals surface area contributed by atoms with Gasteiger partial charge in [-0.2, -0.15) is 0 Å². The first-order valence-corrected chi connectivity index (χ1v) is 0. The number of hydrogen-bond acceptors (Lipinski definition) is 4. The summed E-state index contributed by atoms with van der Waals surface area (Å²) in [6, 6.07) is 0. The van der Waals surface area contributed by atoms with Gasteiger partial charge in [0.25, 0.3) is 0 Å². The number of rotatable bonds is 0. The Morgan fingerprint density at radius 1 is 0.273 bits per heavy atom. The largest absolute Gasteiger partial charge is 0.344 e. The molecule has 0 aromatic rings. The van der Waals surface area contributed by atoms with Crippen molar-refractivity contribution < 1.29 is 86.9 Å². The standard InChI is InChI=1S/4H3N.3Si.4Ti/h4*1H3;;;;;;;. The van der Waals surface area contributed by atoms with Crippen molar-refractivity contribution in [1.29, 1.82) is 0 Å². The summed E-state index contributed by atoms with van der Waals surface area (Å²) in [6.07, 6.45) is 0. The monoisotopic (exact) mass is 344 g/mol. The Labute approximate surface area is 142 Å². The van der Waals surface area contributed by atoms with Crippen LogP contribution < -0.4 is 24.6 Å². The van der Waals surface area contributed by atoms with E-state index in [0.29, 0.717) is 0 Å². The average molecular weight is 344 g/mol. The molecule has 0 bridgehead atoms. The van der Waals surface area contributed by atoms with Crippen molar-refractivity contribution in [2.45, 2.75) is 0 Å². The van der Waals surface area contributed by atoms with Crippen LogP contribution in [0.15, 0.2) is 0 Å². The van der Waals surface area contributed by atoms with Gasteiger partial charge in [-0.25, -0.2) is 0 Å². The van der Waals surface area contributed by atoms with Crippen molar-refractivity contribution in [2.24, 2.45) is 0 Å². The predicted molar refractivity (Wildman–Crippen MR) is 37.4 cm³/mol. The number of hydrogen-bond donors (Lipinski definition) is 4. The minimum absolute atomic E-state index is 0. The van der Waals surface area contributed by atoms with Gasteiger partial charge in [-0.3, -0.25) is 0 Å². The van der Waals surface area contributed by atoms with Gasteiger partial charge in [0.05, 0.1) is 0 Å². The van der Waals surface area contributed by atoms with Crippen molar-refractivity contribution >= 4 is 32.9 Å². The minimum atomic E-state index is 0. The molecule has 0 aliphatic rings. The van der Waals surface area contributed by atoms with Crippen LogP contribution in [0.25, 0.3) is 0 Å². The molecule has 0 aliphatic carbocycles. The zero-order valence-corrected chi connectivity index (χ0v) is 15.6. The van der Waals surface area contributed by atoms with E-state index in [1.165, 1.54) is 0 Å². The summed E-state index contributed by atoms with van der Waals surface area (Å²) >= 11 is 0. The molecule has 0 atom stereocenters. The van der Waals surface area contributed by atoms with Crippen LogP contribution in [0.3, 0.4) is 0 Å². The van der Waals surface area contributed by atoms with Gasteiger partial charge in [0.2, 0.25) is 0 Å². The van der Waals surface area contributed by atoms with Crippen LogP contribution in [-0.4, -0.2) is 32.9 Å². The fraction of sp³-hybridized carbons (Fsp3) is 0. The molecule has 0 aliphatic heterocycles. The molecule has 4 nitrogen and oxygen atoms in total. The molecular formula is H12N4Si3Ti4. The molecule has 11 heteroatoms. The zero-order valence-electron chi connectivity index (χ0n) is 6.33. The topological polar surface area (TPSA) is 140 Å². The van der Waals surface area contributed by atoms with Gasteiger partial charge in [0.1, 0.15) is 0 Å². The Kier molecular flexibility index (Phi) is 3770. The molecule has 0 aromatic heterocycles. The van der Waals surface area contributed by atoms with Gasteiger partial charge in [0, 0.05) is 120 Å². The normalized spacial score (nSPS) is 0. The van der Waals surface area contributed by atoms with E-state index < -0.39 is 0 Å². The first-order valence-electron chi connectivity index (χ1n) is 0. The van der Waals surface area contributed by atoms with E-state index in [1.54, 1.807) is 0 Å². The molecule has 12 radical (unpaired) electrons. The van der Waals surface area contributed by atoms with Crippen LogP contribution in [0.2, 0.25) is 0 Å². The smallest absolute Gasteiger partial charge is 0 e. The van der Waals surface area contributed by atoms with Gasteiger partial charge in [-0.05, 0) is 0 Å². The molecular weight excluding hydrogens is 332 g/mol. The Morgan fingerprint density at radius 3 is 0.273 bits per heavy atom. The second-order valence-electron chi connectivity index (χ2n) is 0. The molecule has 60 valence electrons. The third-order valence-corrected chi connectivity index (χ3v) is 0. The van der Waals surface area contributed by atoms with Crippen LogP contribution in [0.1, 0.15) is 0 Å². The van der Waals surface area contributed by atoms with E-state index in [9.17, 15) is 0 Å². The summed E-state index contributed by atoms with van der Waals surface area (Å²) in [7, 11) is 0. The maximum absolute atomic E-state index is 0. The molecule has 0 saturated heterocycles. The van der Waals surface area contributed by atoms with Gasteiger partial charge in [0.15, 0.2) is 0 Å². The molecule has 0 heterocycles. The third kappa shape index (κ3) is 153. The Hall–Kier alpha value is 3.35. The molecule has 0 aromatic carbocycles. The first-order chi connectivity index (χ1) is 0. The quantitative estimate of drug-likeness (QED) is 0.440. The fourth-order valence-corrected chi connectivity index (χ4v) is 0. The summed E-state index contributed by atoms with van der Waals surface area (Å²) in [5, 5.41) is 0. The van der Waals surface area contributed by atoms with Crippen LogP contribution in [0.5, 0.6) is 0 Å². The average Bonchev–Trinajstić information content (AvgIpc) is 0. The molecule has 12 N–H and O–H groups in total. The van der Waals surface area contributed by atoms with Crippen LogP contribution in [-0.2, 0) is 86.9 Å². The minimum Gasteiger partial charge on any atom is -0.344 e. The first kappa shape index (κ1) is 228. The van der Waals surface area contributed by atoms with Crippen molar-refractivity contribution in [3.05, 3.63) is 0 Å². The van der Waals surface area contributed by atoms with E-state index in [0.717, 1.165) is 0 Å². The predicted octanol–water partition coefficient (Wildman–Crippen LogP) is -0.504. The van der Waals surface area contributed by atoms with Gasteiger partial charge < -0.3 is 24.6 Å². The van der Waals surface area contributed by atoms with Crippen molar-refractivity contribution in [1.82, 2.24) is 24.6 Å². The summed E-state index contributed by atoms with van der Waals surface area (Å²) in [5.41, 5.74) is 0. The maximum atomic E-state index is 0.